The third kappa shape index (κ3) is 8.58. The number of aromatic nitrogens is 3. The lowest BCUT2D eigenvalue weighted by Gasteiger charge is -2.76. The maximum Gasteiger partial charge on any atom is 0.160 e. The highest BCUT2D eigenvalue weighted by Crippen LogP contribution is 2.84. The molecule has 13 heteroatoms. The lowest BCUT2D eigenvalue weighted by molar-refractivity contribution is -0.267. The molecule has 8 aliphatic carbocycles. The number of Topliss-reactive ketones (excluding diaryl/α,β-unsaturated/α-hetero) is 3. The molecule has 11 aliphatic rings. The summed E-state index contributed by atoms with van der Waals surface area (Å²) in [6.45, 7) is 23.5. The number of hydrogen-bond donors (Lipinski definition) is 7. The molecule has 7 fully saturated rings. The summed E-state index contributed by atoms with van der Waals surface area (Å²) >= 11 is 0. The van der Waals surface area contributed by atoms with Crippen LogP contribution in [-0.2, 0) is 48.8 Å². The van der Waals surface area contributed by atoms with Crippen molar-refractivity contribution in [2.24, 2.45) is 68.0 Å². The molecule has 0 radical (unpaired) electrons. The predicted octanol–water partition coefficient (Wildman–Crippen LogP) is 12.5. The summed E-state index contributed by atoms with van der Waals surface area (Å²) < 4.78 is 14.6. The number of allylic oxidation sites excluding steroid dienone is 1. The largest absolute Gasteiger partial charge is 0.392 e. The van der Waals surface area contributed by atoms with Crippen LogP contribution in [0.1, 0.15) is 240 Å². The first-order valence-electron chi connectivity index (χ1n) is 35.9. The molecule has 18 atom stereocenters. The Kier molecular flexibility index (Phi) is 14.7. The highest BCUT2D eigenvalue weighted by Gasteiger charge is 2.80. The molecule has 13 nitrogen and oxygen atoms in total. The second-order valence-electron chi connectivity index (χ2n) is 34.0. The number of ketones is 3. The lowest BCUT2D eigenvalue weighted by Crippen LogP contribution is -2.74. The predicted molar refractivity (Wildman–Crippen MR) is 350 cm³/mol. The van der Waals surface area contributed by atoms with Crippen molar-refractivity contribution >= 4 is 28.4 Å². The van der Waals surface area contributed by atoms with E-state index < -0.39 is 67.7 Å². The van der Waals surface area contributed by atoms with Gasteiger partial charge in [-0.05, 0) is 227 Å². The number of rotatable bonds is 14. The quantitative estimate of drug-likeness (QED) is 0.0597. The van der Waals surface area contributed by atoms with E-state index in [9.17, 15) is 15.3 Å². The van der Waals surface area contributed by atoms with Gasteiger partial charge in [-0.15, -0.1) is 0 Å². The molecule has 18 unspecified atom stereocenters. The molecule has 6 heterocycles. The minimum absolute atomic E-state index is 0.0000889. The van der Waals surface area contributed by atoms with Crippen molar-refractivity contribution in [2.45, 2.75) is 244 Å². The number of benzene rings is 1. The van der Waals surface area contributed by atoms with E-state index in [2.05, 4.69) is 117 Å². The molecule has 3 aromatic heterocycles. The van der Waals surface area contributed by atoms with Crippen molar-refractivity contribution < 1.29 is 39.2 Å². The van der Waals surface area contributed by atoms with Gasteiger partial charge >= 0.3 is 0 Å². The fourth-order valence-corrected chi connectivity index (χ4v) is 24.3. The average molecular weight is 1230 g/mol. The second-order valence-corrected chi connectivity index (χ2v) is 34.0. The number of fused-ring (bicyclic) bond motifs is 9. The van der Waals surface area contributed by atoms with Crippen LogP contribution < -0.4 is 10.6 Å². The number of ether oxygens (including phenoxy) is 2. The zero-order valence-electron chi connectivity index (χ0n) is 56.3. The molecule has 4 aromatic rings. The number of nitrogens with zero attached hydrogens (tertiary/aromatic N) is 1. The van der Waals surface area contributed by atoms with Crippen LogP contribution in [0.3, 0.4) is 0 Å². The van der Waals surface area contributed by atoms with E-state index in [1.54, 1.807) is 0 Å². The fourth-order valence-electron chi connectivity index (χ4n) is 24.3. The summed E-state index contributed by atoms with van der Waals surface area (Å²) in [5, 5.41) is 47.5. The number of aliphatic hydroxyl groups is 3. The molecule has 1 aromatic carbocycles. The maximum atomic E-state index is 16.4. The highest BCUT2D eigenvalue weighted by atomic mass is 16.6. The first-order valence-corrected chi connectivity index (χ1v) is 35.9. The van der Waals surface area contributed by atoms with Crippen molar-refractivity contribution in [3.05, 3.63) is 92.6 Å². The Morgan fingerprint density at radius 1 is 0.878 bits per heavy atom. The van der Waals surface area contributed by atoms with E-state index in [-0.39, 0.29) is 47.3 Å². The average Bonchev–Trinajstić information content (AvgIpc) is 1.17. The number of nitrogens with one attached hydrogen (secondary N) is 4. The number of aromatic amines is 2. The summed E-state index contributed by atoms with van der Waals surface area (Å²) in [5.74, 6) is 0.241. The summed E-state index contributed by atoms with van der Waals surface area (Å²) in [6, 6.07) is 7.02. The van der Waals surface area contributed by atoms with E-state index in [4.69, 9.17) is 9.47 Å². The Labute approximate surface area is 535 Å². The van der Waals surface area contributed by atoms with Gasteiger partial charge in [-0.25, -0.2) is 0 Å². The third-order valence-corrected chi connectivity index (χ3v) is 28.8. The van der Waals surface area contributed by atoms with Crippen LogP contribution in [0.4, 0.5) is 0 Å². The molecule has 488 valence electrons. The number of carbonyl (C=O) groups excluding carboxylic acids is 3. The number of aliphatic hydroxyl groups excluding tert-OH is 2. The number of carbonyl (C=O) groups is 3. The van der Waals surface area contributed by atoms with Crippen molar-refractivity contribution in [3.63, 3.8) is 0 Å². The van der Waals surface area contributed by atoms with Crippen LogP contribution in [0.25, 0.3) is 11.0 Å². The van der Waals surface area contributed by atoms with Crippen LogP contribution in [0.5, 0.6) is 0 Å². The molecule has 3 aliphatic heterocycles. The number of epoxide rings is 1. The van der Waals surface area contributed by atoms with E-state index >= 15 is 14.4 Å². The van der Waals surface area contributed by atoms with E-state index in [1.807, 2.05) is 20.9 Å². The van der Waals surface area contributed by atoms with Crippen molar-refractivity contribution in [3.8, 4) is 0 Å². The Morgan fingerprint density at radius 3 is 2.38 bits per heavy atom. The van der Waals surface area contributed by atoms with Gasteiger partial charge in [0.15, 0.2) is 5.78 Å². The van der Waals surface area contributed by atoms with Gasteiger partial charge in [0.25, 0.3) is 0 Å². The minimum atomic E-state index is -1.09. The molecule has 1 spiro atoms. The third-order valence-electron chi connectivity index (χ3n) is 28.8. The topological polar surface area (TPSA) is 194 Å². The minimum Gasteiger partial charge on any atom is -0.392 e. The fraction of sp³-hybridized carbons (Fsp3) is 0.727. The molecule has 90 heavy (non-hydrogen) atoms. The van der Waals surface area contributed by atoms with Gasteiger partial charge in [0.2, 0.25) is 0 Å². The molecular weight excluding hydrogens is 1120 g/mol. The SMILES string of the molecule is CNCCC1(C)C(=O)C2c3cc[nH]c3C3CCC2(C3)C2(C)C1CCC1(C)C2C(O)C2Cn3cc(C4C(=O)C(CCC(C)C)Cc5c4cc(C4CCCCC4CNC)cc5C4(O)CCOCC4)c4[nH]cc(c43)CCC(C)(CC(O)C3OC3(C)C)C3=C2C1(C)CC3=O. The number of aryl methyl sites for hydroxylation is 1. The van der Waals surface area contributed by atoms with E-state index in [1.165, 1.54) is 23.2 Å². The first kappa shape index (κ1) is 61.9. The van der Waals surface area contributed by atoms with Gasteiger partial charge < -0.3 is 50.0 Å². The highest BCUT2D eigenvalue weighted by molar-refractivity contribution is 6.02. The van der Waals surface area contributed by atoms with Gasteiger partial charge in [-0.1, -0.05) is 79.9 Å². The maximum absolute atomic E-state index is 16.4. The first-order chi connectivity index (χ1) is 42.8. The molecule has 5 saturated carbocycles. The Morgan fingerprint density at radius 2 is 1.64 bits per heavy atom. The van der Waals surface area contributed by atoms with Gasteiger partial charge in [0.1, 0.15) is 17.7 Å². The smallest absolute Gasteiger partial charge is 0.160 e. The Hall–Kier alpha value is -4.21. The van der Waals surface area contributed by atoms with Crippen LogP contribution >= 0.6 is 0 Å². The summed E-state index contributed by atoms with van der Waals surface area (Å²) in [7, 11) is 4.06. The van der Waals surface area contributed by atoms with Gasteiger partial charge in [0.05, 0.1) is 46.3 Å². The van der Waals surface area contributed by atoms with E-state index in [0.29, 0.717) is 101 Å². The molecule has 0 amide bonds. The molecule has 2 bridgehead atoms. The number of H-pyrrole nitrogens is 2. The summed E-state index contributed by atoms with van der Waals surface area (Å²) in [6.07, 6.45) is 19.4. The van der Waals surface area contributed by atoms with Crippen molar-refractivity contribution in [2.75, 3.05) is 40.4 Å². The second kappa shape index (κ2) is 21.4. The lowest BCUT2D eigenvalue weighted by atomic mass is 9.28. The monoisotopic (exact) mass is 1230 g/mol. The molecule has 2 saturated heterocycles. The molecule has 7 N–H and O–H groups in total. The Balaban J connectivity index is 0.948. The van der Waals surface area contributed by atoms with Crippen LogP contribution in [0.2, 0.25) is 0 Å². The van der Waals surface area contributed by atoms with Gasteiger partial charge in [-0.2, -0.15) is 0 Å². The summed E-state index contributed by atoms with van der Waals surface area (Å²) in [4.78, 5) is 56.3. The van der Waals surface area contributed by atoms with Crippen molar-refractivity contribution in [1.82, 2.24) is 25.2 Å². The Bertz CT molecular complexity index is 3580. The van der Waals surface area contributed by atoms with Gasteiger partial charge in [0, 0.05) is 97.1 Å². The molecule has 15 rings (SSSR count). The van der Waals surface area contributed by atoms with Crippen LogP contribution in [0, 0.1) is 68.0 Å². The molecular formula is C77H107N5O8. The standard InChI is InChI=1S/C77H107N5O8/c1-42(2)16-17-43-32-50-51(33-47(48-15-13-12-14-45(48)38-79-11)34-54(50)77(88)26-30-89-31-27-77)58(65(43)85)52-40-82-41-53-59-61(71(5,36-56(84)69-70(3,4)90-69)22-18-46-39-81-63(52)64(46)82)55(83)37-74(59,8)73(7)23-20-57-72(6,25-29-78-10)68(87)60-49-21-28-80-62(49)44-19-24-76(60,35-44)75(57,9)67(73)66(53)86/h21,28,33-34,39-40,42-45,48,53,56-58,60,66-67,69,78-81,84,86,88H,12-20,22-27,29-32,35-38,41H2,1-11H3. The zero-order chi connectivity index (χ0) is 63.2. The summed E-state index contributed by atoms with van der Waals surface area (Å²) in [5.41, 5.74) is 7.65. The van der Waals surface area contributed by atoms with E-state index in [0.717, 1.165) is 121 Å². The normalized spacial score (nSPS) is 40.9. The van der Waals surface area contributed by atoms with Crippen LogP contribution in [-0.4, -0.2) is 112 Å². The number of hydrogen-bond acceptors (Lipinski definition) is 10. The van der Waals surface area contributed by atoms with Crippen molar-refractivity contribution in [1.29, 1.82) is 0 Å². The zero-order valence-corrected chi connectivity index (χ0v) is 56.3. The van der Waals surface area contributed by atoms with Crippen LogP contribution in [0.15, 0.2) is 47.9 Å². The van der Waals surface area contributed by atoms with Gasteiger partial charge in [-0.3, -0.25) is 14.4 Å².